The molecule has 3 aromatic rings. The lowest BCUT2D eigenvalue weighted by atomic mass is 10.0. The van der Waals surface area contributed by atoms with Gasteiger partial charge in [-0.05, 0) is 30.7 Å². The van der Waals surface area contributed by atoms with Crippen LogP contribution in [0.15, 0.2) is 53.7 Å². The van der Waals surface area contributed by atoms with E-state index in [1.54, 1.807) is 21.7 Å². The Hall–Kier alpha value is -2.64. The maximum absolute atomic E-state index is 13.1. The van der Waals surface area contributed by atoms with Gasteiger partial charge in [0.2, 0.25) is 5.91 Å². The largest absolute Gasteiger partial charge is 0.854 e. The monoisotopic (exact) mass is 454 g/mol. The number of carbonyl (C=O) groups excluding carboxylic acids is 1. The second-order valence-electron chi connectivity index (χ2n) is 7.38. The fourth-order valence-electron chi connectivity index (χ4n) is 3.82. The Labute approximate surface area is 190 Å². The summed E-state index contributed by atoms with van der Waals surface area (Å²) in [5.41, 5.74) is 2.44. The Bertz CT molecular complexity index is 1120. The molecule has 8 heteroatoms. The van der Waals surface area contributed by atoms with Gasteiger partial charge in [0.1, 0.15) is 0 Å². The average molecular weight is 455 g/mol. The van der Waals surface area contributed by atoms with Gasteiger partial charge >= 0.3 is 0 Å². The molecule has 31 heavy (non-hydrogen) atoms. The molecule has 0 radical (unpaired) electrons. The lowest BCUT2D eigenvalue weighted by Gasteiger charge is -2.32. The van der Waals surface area contributed by atoms with Crippen molar-refractivity contribution in [2.24, 2.45) is 0 Å². The Morgan fingerprint density at radius 2 is 2.03 bits per heavy atom. The summed E-state index contributed by atoms with van der Waals surface area (Å²) in [7, 11) is 0. The highest BCUT2D eigenvalue weighted by Gasteiger charge is 2.43. The Morgan fingerprint density at radius 3 is 2.77 bits per heavy atom. The number of anilines is 1. The van der Waals surface area contributed by atoms with Crippen molar-refractivity contribution >= 4 is 35.0 Å². The predicted octanol–water partition coefficient (Wildman–Crippen LogP) is 4.35. The van der Waals surface area contributed by atoms with Crippen LogP contribution in [0.3, 0.4) is 0 Å². The Morgan fingerprint density at radius 1 is 1.23 bits per heavy atom. The molecule has 1 aliphatic heterocycles. The minimum atomic E-state index is -0.633. The van der Waals surface area contributed by atoms with E-state index in [9.17, 15) is 9.90 Å². The van der Waals surface area contributed by atoms with Crippen LogP contribution in [0.5, 0.6) is 5.88 Å². The molecule has 1 aliphatic rings. The summed E-state index contributed by atoms with van der Waals surface area (Å²) in [6.45, 7) is 3.66. The van der Waals surface area contributed by atoms with Crippen LogP contribution >= 0.6 is 23.4 Å². The Balaban J connectivity index is 1.90. The number of benzene rings is 2. The number of thioether (sulfide) groups is 1. The highest BCUT2D eigenvalue weighted by atomic mass is 35.5. The summed E-state index contributed by atoms with van der Waals surface area (Å²) in [4.78, 5) is 18.7. The number of nitrogens with zero attached hydrogens (tertiary/aromatic N) is 4. The number of para-hydroxylation sites is 1. The van der Waals surface area contributed by atoms with Crippen LogP contribution in [-0.2, 0) is 4.79 Å². The third kappa shape index (κ3) is 4.25. The van der Waals surface area contributed by atoms with Gasteiger partial charge in [-0.1, -0.05) is 72.1 Å². The zero-order valence-electron chi connectivity index (χ0n) is 17.4. The van der Waals surface area contributed by atoms with E-state index in [4.69, 9.17) is 16.7 Å². The van der Waals surface area contributed by atoms with Crippen LogP contribution in [0.1, 0.15) is 44.8 Å². The summed E-state index contributed by atoms with van der Waals surface area (Å²) >= 11 is 7.73. The van der Waals surface area contributed by atoms with Gasteiger partial charge in [0.25, 0.3) is 17.0 Å². The molecule has 2 heterocycles. The number of rotatable bonds is 6. The van der Waals surface area contributed by atoms with E-state index in [0.717, 1.165) is 30.6 Å². The highest BCUT2D eigenvalue weighted by molar-refractivity contribution is 7.99. The van der Waals surface area contributed by atoms with E-state index >= 15 is 0 Å². The van der Waals surface area contributed by atoms with E-state index in [1.165, 1.54) is 18.7 Å². The number of hydrogen-bond donors (Lipinski definition) is 0. The standard InChI is InChI=1S/C23H23ClN4O2S/c1-3-4-7-13-31-23-25-21(30)20-18-11-5-6-12-19(18)27(15(2)29)22(28(20)26-23)16-9-8-10-17(24)14-16/h5-6,8-12,14,22H,3-4,7,13H2,1-2H3. The summed E-state index contributed by atoms with van der Waals surface area (Å²) in [5.74, 6) is 0.330. The first-order valence-electron chi connectivity index (χ1n) is 10.3. The number of aromatic nitrogens is 3. The molecule has 1 atom stereocenters. The SMILES string of the molecule is CCCCCSc1nc([O-])c2[n+](n1)C(c1cccc(Cl)c1)N(C(C)=O)c1ccccc1-2. The summed E-state index contributed by atoms with van der Waals surface area (Å²) in [5, 5.41) is 18.8. The third-order valence-corrected chi connectivity index (χ3v) is 6.34. The molecular formula is C23H23ClN4O2S. The van der Waals surface area contributed by atoms with E-state index in [1.807, 2.05) is 36.4 Å². The second kappa shape index (κ2) is 9.24. The molecule has 1 unspecified atom stereocenters. The molecule has 2 aromatic carbocycles. The van der Waals surface area contributed by atoms with Gasteiger partial charge in [-0.2, -0.15) is 0 Å². The highest BCUT2D eigenvalue weighted by Crippen LogP contribution is 2.41. The fraction of sp³-hybridized carbons (Fsp3) is 0.304. The van der Waals surface area contributed by atoms with Gasteiger partial charge < -0.3 is 5.11 Å². The van der Waals surface area contributed by atoms with Crippen LogP contribution in [0.2, 0.25) is 5.02 Å². The quantitative estimate of drug-likeness (QED) is 0.314. The van der Waals surface area contributed by atoms with Crippen molar-refractivity contribution in [3.8, 4) is 17.1 Å². The summed E-state index contributed by atoms with van der Waals surface area (Å²) in [6.07, 6.45) is 2.63. The number of fused-ring (bicyclic) bond motifs is 3. The number of amides is 1. The van der Waals surface area contributed by atoms with E-state index in [-0.39, 0.29) is 11.8 Å². The van der Waals surface area contributed by atoms with Crippen molar-refractivity contribution in [1.82, 2.24) is 10.1 Å². The van der Waals surface area contributed by atoms with Gasteiger partial charge in [0.05, 0.1) is 17.1 Å². The second-order valence-corrected chi connectivity index (χ2v) is 8.88. The van der Waals surface area contributed by atoms with Crippen molar-refractivity contribution in [3.63, 3.8) is 0 Å². The maximum Gasteiger partial charge on any atom is 0.293 e. The Kier molecular flexibility index (Phi) is 6.43. The number of halogens is 1. The van der Waals surface area contributed by atoms with Gasteiger partial charge in [-0.15, -0.1) is 0 Å². The van der Waals surface area contributed by atoms with Crippen molar-refractivity contribution < 1.29 is 14.6 Å². The molecule has 1 aromatic heterocycles. The zero-order valence-corrected chi connectivity index (χ0v) is 19.0. The van der Waals surface area contributed by atoms with Gasteiger partial charge in [0, 0.05) is 28.4 Å². The first-order chi connectivity index (χ1) is 15.0. The molecule has 0 saturated carbocycles. The molecule has 0 bridgehead atoms. The van der Waals surface area contributed by atoms with Crippen molar-refractivity contribution in [1.29, 1.82) is 0 Å². The minimum absolute atomic E-state index is 0.154. The molecule has 160 valence electrons. The topological polar surface area (TPSA) is 73.0 Å². The van der Waals surface area contributed by atoms with Crippen molar-refractivity contribution in [2.75, 3.05) is 10.7 Å². The fourth-order valence-corrected chi connectivity index (χ4v) is 4.84. The molecule has 4 rings (SSSR count). The zero-order chi connectivity index (χ0) is 22.0. The molecule has 0 saturated heterocycles. The van der Waals surface area contributed by atoms with Crippen molar-refractivity contribution in [3.05, 3.63) is 59.1 Å². The van der Waals surface area contributed by atoms with Crippen LogP contribution in [0.4, 0.5) is 5.69 Å². The van der Waals surface area contributed by atoms with E-state index < -0.39 is 6.17 Å². The molecule has 0 N–H and O–H groups in total. The lowest BCUT2D eigenvalue weighted by molar-refractivity contribution is -0.764. The van der Waals surface area contributed by atoms with Gasteiger partial charge in [-0.3, -0.25) is 4.79 Å². The number of hydrogen-bond acceptors (Lipinski definition) is 5. The summed E-state index contributed by atoms with van der Waals surface area (Å²) < 4.78 is 1.63. The molecule has 0 spiro atoms. The van der Waals surface area contributed by atoms with Crippen LogP contribution in [0.25, 0.3) is 11.3 Å². The van der Waals surface area contributed by atoms with E-state index in [2.05, 4.69) is 11.9 Å². The minimum Gasteiger partial charge on any atom is -0.854 e. The molecule has 6 nitrogen and oxygen atoms in total. The lowest BCUT2D eigenvalue weighted by Crippen LogP contribution is -2.58. The maximum atomic E-state index is 13.1. The van der Waals surface area contributed by atoms with Crippen LogP contribution < -0.4 is 14.7 Å². The van der Waals surface area contributed by atoms with Crippen LogP contribution in [-0.4, -0.2) is 21.7 Å². The van der Waals surface area contributed by atoms with Gasteiger partial charge in [0.15, 0.2) is 0 Å². The summed E-state index contributed by atoms with van der Waals surface area (Å²) in [6, 6.07) is 14.6. The molecule has 0 aliphatic carbocycles. The smallest absolute Gasteiger partial charge is 0.293 e. The van der Waals surface area contributed by atoms with E-state index in [0.29, 0.717) is 27.1 Å². The van der Waals surface area contributed by atoms with Gasteiger partial charge in [-0.25, -0.2) is 9.88 Å². The number of carbonyl (C=O) groups is 1. The molecule has 1 amide bonds. The third-order valence-electron chi connectivity index (χ3n) is 5.18. The predicted molar refractivity (Wildman–Crippen MR) is 120 cm³/mol. The molecule has 0 fully saturated rings. The average Bonchev–Trinajstić information content (AvgIpc) is 2.75. The first-order valence-corrected chi connectivity index (χ1v) is 11.7. The normalized spacial score (nSPS) is 14.8. The van der Waals surface area contributed by atoms with Crippen LogP contribution in [0, 0.1) is 0 Å². The van der Waals surface area contributed by atoms with Crippen molar-refractivity contribution in [2.45, 2.75) is 44.4 Å². The molecular weight excluding hydrogens is 432 g/mol. The first kappa shape index (κ1) is 21.6. The number of unbranched alkanes of at least 4 members (excludes halogenated alkanes) is 2.